The van der Waals surface area contributed by atoms with Crippen molar-refractivity contribution in [2.24, 2.45) is 0 Å². The Bertz CT molecular complexity index is 263. The lowest BCUT2D eigenvalue weighted by molar-refractivity contribution is 0.288. The molecule has 0 amide bonds. The van der Waals surface area contributed by atoms with Gasteiger partial charge in [0.15, 0.2) is 0 Å². The zero-order valence-corrected chi connectivity index (χ0v) is 6.76. The number of nitrogen functional groups attached to an aromatic ring is 1. The van der Waals surface area contributed by atoms with E-state index in [4.69, 9.17) is 10.8 Å². The number of hydrogen-bond donors (Lipinski definition) is 2. The Kier molecular flexibility index (Phi) is 3.05. The quantitative estimate of drug-likeness (QED) is 0.670. The Labute approximate surface area is 70.8 Å². The summed E-state index contributed by atoms with van der Waals surface area (Å²) in [5.74, 6) is -0.319. The summed E-state index contributed by atoms with van der Waals surface area (Å²) in [4.78, 5) is 0. The molecule has 1 aromatic rings. The van der Waals surface area contributed by atoms with Crippen molar-refractivity contribution in [2.75, 3.05) is 12.3 Å². The van der Waals surface area contributed by atoms with Gasteiger partial charge >= 0.3 is 0 Å². The predicted octanol–water partition coefficient (Wildman–Crippen LogP) is 1.33. The van der Waals surface area contributed by atoms with Gasteiger partial charge in [-0.2, -0.15) is 0 Å². The molecule has 0 aliphatic rings. The molecule has 1 aromatic carbocycles. The summed E-state index contributed by atoms with van der Waals surface area (Å²) in [6.07, 6.45) is 1.36. The van der Waals surface area contributed by atoms with Crippen molar-refractivity contribution in [1.29, 1.82) is 0 Å². The fourth-order valence-electron chi connectivity index (χ4n) is 1.06. The molecule has 0 aliphatic heterocycles. The van der Waals surface area contributed by atoms with Gasteiger partial charge in [0.2, 0.25) is 0 Å². The monoisotopic (exact) mass is 169 g/mol. The van der Waals surface area contributed by atoms with Gasteiger partial charge in [-0.05, 0) is 30.5 Å². The lowest BCUT2D eigenvalue weighted by atomic mass is 10.1. The number of aryl methyl sites for hydroxylation is 1. The molecule has 0 heterocycles. The molecule has 3 heteroatoms. The first-order valence-corrected chi connectivity index (χ1v) is 3.89. The summed E-state index contributed by atoms with van der Waals surface area (Å²) >= 11 is 0. The van der Waals surface area contributed by atoms with Crippen LogP contribution < -0.4 is 5.73 Å². The van der Waals surface area contributed by atoms with E-state index >= 15 is 0 Å². The van der Waals surface area contributed by atoms with Crippen molar-refractivity contribution in [2.45, 2.75) is 12.8 Å². The summed E-state index contributed by atoms with van der Waals surface area (Å²) in [5.41, 5.74) is 6.90. The van der Waals surface area contributed by atoms with Crippen LogP contribution in [0.3, 0.4) is 0 Å². The maximum atomic E-state index is 12.5. The van der Waals surface area contributed by atoms with Crippen LogP contribution in [0.1, 0.15) is 12.0 Å². The summed E-state index contributed by atoms with van der Waals surface area (Å²) in [6, 6.07) is 4.33. The highest BCUT2D eigenvalue weighted by Crippen LogP contribution is 2.14. The number of rotatable bonds is 3. The Morgan fingerprint density at radius 1 is 1.42 bits per heavy atom. The summed E-state index contributed by atoms with van der Waals surface area (Å²) in [7, 11) is 0. The molecule has 0 spiro atoms. The van der Waals surface area contributed by atoms with Gasteiger partial charge in [0.05, 0.1) is 0 Å². The molecule has 0 aromatic heterocycles. The standard InChI is InChI=1S/C9H12FNO/c10-8-4-3-7(2-1-5-12)9(11)6-8/h3-4,6,12H,1-2,5,11H2. The van der Waals surface area contributed by atoms with E-state index in [-0.39, 0.29) is 12.4 Å². The van der Waals surface area contributed by atoms with Crippen LogP contribution in [0, 0.1) is 5.82 Å². The topological polar surface area (TPSA) is 46.2 Å². The number of anilines is 1. The van der Waals surface area contributed by atoms with Gasteiger partial charge in [0.25, 0.3) is 0 Å². The zero-order valence-electron chi connectivity index (χ0n) is 6.76. The number of aliphatic hydroxyl groups is 1. The molecule has 3 N–H and O–H groups in total. The van der Waals surface area contributed by atoms with Gasteiger partial charge in [-0.25, -0.2) is 4.39 Å². The third kappa shape index (κ3) is 2.20. The molecule has 0 fully saturated rings. The van der Waals surface area contributed by atoms with E-state index in [9.17, 15) is 4.39 Å². The third-order valence-electron chi connectivity index (χ3n) is 1.71. The minimum absolute atomic E-state index is 0.136. The van der Waals surface area contributed by atoms with E-state index < -0.39 is 0 Å². The second-order valence-corrected chi connectivity index (χ2v) is 2.67. The zero-order chi connectivity index (χ0) is 8.97. The van der Waals surface area contributed by atoms with Crippen LogP contribution in [0.4, 0.5) is 10.1 Å². The van der Waals surface area contributed by atoms with Crippen molar-refractivity contribution in [1.82, 2.24) is 0 Å². The van der Waals surface area contributed by atoms with E-state index in [1.165, 1.54) is 12.1 Å². The molecule has 12 heavy (non-hydrogen) atoms. The van der Waals surface area contributed by atoms with E-state index in [1.54, 1.807) is 6.07 Å². The molecule has 0 atom stereocenters. The van der Waals surface area contributed by atoms with Crippen molar-refractivity contribution in [3.63, 3.8) is 0 Å². The summed E-state index contributed by atoms with van der Waals surface area (Å²) < 4.78 is 12.5. The van der Waals surface area contributed by atoms with Crippen LogP contribution in [0.2, 0.25) is 0 Å². The number of nitrogens with two attached hydrogens (primary N) is 1. The molecule has 0 bridgehead atoms. The molecule has 66 valence electrons. The van der Waals surface area contributed by atoms with E-state index in [2.05, 4.69) is 0 Å². The largest absolute Gasteiger partial charge is 0.398 e. The van der Waals surface area contributed by atoms with Crippen molar-refractivity contribution < 1.29 is 9.50 Å². The number of hydrogen-bond acceptors (Lipinski definition) is 2. The highest BCUT2D eigenvalue weighted by atomic mass is 19.1. The summed E-state index contributed by atoms with van der Waals surface area (Å²) in [5, 5.41) is 8.56. The van der Waals surface area contributed by atoms with Crippen molar-refractivity contribution >= 4 is 5.69 Å². The number of benzene rings is 1. The molecule has 1 rings (SSSR count). The maximum absolute atomic E-state index is 12.5. The Morgan fingerprint density at radius 3 is 2.75 bits per heavy atom. The second kappa shape index (κ2) is 4.07. The van der Waals surface area contributed by atoms with E-state index in [0.29, 0.717) is 18.5 Å². The first-order valence-electron chi connectivity index (χ1n) is 3.89. The van der Waals surface area contributed by atoms with Crippen LogP contribution in [0.5, 0.6) is 0 Å². The van der Waals surface area contributed by atoms with Crippen LogP contribution in [-0.2, 0) is 6.42 Å². The highest BCUT2D eigenvalue weighted by molar-refractivity contribution is 5.46. The first kappa shape index (κ1) is 9.00. The van der Waals surface area contributed by atoms with Gasteiger partial charge in [0, 0.05) is 12.3 Å². The molecular weight excluding hydrogens is 157 g/mol. The Hall–Kier alpha value is -1.09. The SMILES string of the molecule is Nc1cc(F)ccc1CCCO. The van der Waals surface area contributed by atoms with Gasteiger partial charge in [-0.3, -0.25) is 0 Å². The van der Waals surface area contributed by atoms with Crippen LogP contribution in [0.15, 0.2) is 18.2 Å². The average molecular weight is 169 g/mol. The predicted molar refractivity (Wildman–Crippen MR) is 46.2 cm³/mol. The maximum Gasteiger partial charge on any atom is 0.125 e. The molecular formula is C9H12FNO. The lowest BCUT2D eigenvalue weighted by Gasteiger charge is -2.03. The molecule has 0 saturated heterocycles. The Balaban J connectivity index is 2.72. The summed E-state index contributed by atoms with van der Waals surface area (Å²) in [6.45, 7) is 0.136. The normalized spacial score (nSPS) is 10.2. The fourth-order valence-corrected chi connectivity index (χ4v) is 1.06. The minimum atomic E-state index is -0.319. The Morgan fingerprint density at radius 2 is 2.17 bits per heavy atom. The van der Waals surface area contributed by atoms with Crippen LogP contribution in [-0.4, -0.2) is 11.7 Å². The second-order valence-electron chi connectivity index (χ2n) is 2.67. The first-order chi connectivity index (χ1) is 5.74. The number of halogens is 1. The molecule has 2 nitrogen and oxygen atoms in total. The average Bonchev–Trinajstić information content (AvgIpc) is 2.03. The van der Waals surface area contributed by atoms with Gasteiger partial charge in [-0.1, -0.05) is 6.07 Å². The molecule has 0 aliphatic carbocycles. The van der Waals surface area contributed by atoms with Crippen molar-refractivity contribution in [3.05, 3.63) is 29.6 Å². The highest BCUT2D eigenvalue weighted by Gasteiger charge is 1.99. The molecule has 0 radical (unpaired) electrons. The fraction of sp³-hybridized carbons (Fsp3) is 0.333. The molecule has 0 saturated carbocycles. The van der Waals surface area contributed by atoms with Gasteiger partial charge < -0.3 is 10.8 Å². The van der Waals surface area contributed by atoms with E-state index in [1.807, 2.05) is 0 Å². The molecule has 0 unspecified atom stereocenters. The third-order valence-corrected chi connectivity index (χ3v) is 1.71. The lowest BCUT2D eigenvalue weighted by Crippen LogP contribution is -1.96. The minimum Gasteiger partial charge on any atom is -0.398 e. The van der Waals surface area contributed by atoms with Crippen LogP contribution in [0.25, 0.3) is 0 Å². The van der Waals surface area contributed by atoms with Crippen molar-refractivity contribution in [3.8, 4) is 0 Å². The number of aliphatic hydroxyl groups excluding tert-OH is 1. The van der Waals surface area contributed by atoms with Crippen LogP contribution >= 0.6 is 0 Å². The van der Waals surface area contributed by atoms with E-state index in [0.717, 1.165) is 5.56 Å². The van der Waals surface area contributed by atoms with Gasteiger partial charge in [-0.15, -0.1) is 0 Å². The van der Waals surface area contributed by atoms with Gasteiger partial charge in [0.1, 0.15) is 5.82 Å². The smallest absolute Gasteiger partial charge is 0.125 e.